The largest absolute Gasteiger partial charge is 0.325 e. The van der Waals surface area contributed by atoms with Gasteiger partial charge in [-0.15, -0.1) is 5.10 Å². The highest BCUT2D eigenvalue weighted by molar-refractivity contribution is 7.99. The van der Waals surface area contributed by atoms with E-state index in [2.05, 4.69) is 20.5 Å². The number of aromatic nitrogens is 3. The number of hydrogen-bond donors (Lipinski definition) is 2. The minimum absolute atomic E-state index is 0.0792. The van der Waals surface area contributed by atoms with Crippen molar-refractivity contribution in [1.29, 1.82) is 0 Å². The number of nitrogens with zero attached hydrogens (tertiary/aromatic N) is 2. The molecule has 0 atom stereocenters. The summed E-state index contributed by atoms with van der Waals surface area (Å²) in [5.74, 6) is 0.836. The van der Waals surface area contributed by atoms with Crippen LogP contribution in [-0.4, -0.2) is 26.8 Å². The molecule has 3 rings (SSSR count). The lowest BCUT2D eigenvalue weighted by atomic mass is 10.1. The maximum Gasteiger partial charge on any atom is 0.234 e. The Balaban J connectivity index is 1.52. The summed E-state index contributed by atoms with van der Waals surface area (Å²) in [4.78, 5) is 16.4. The van der Waals surface area contributed by atoms with Crippen LogP contribution in [-0.2, 0) is 4.79 Å². The van der Waals surface area contributed by atoms with Gasteiger partial charge in [0, 0.05) is 5.69 Å². The van der Waals surface area contributed by atoms with Crippen molar-refractivity contribution in [2.75, 3.05) is 11.1 Å². The van der Waals surface area contributed by atoms with Crippen molar-refractivity contribution in [3.05, 3.63) is 71.0 Å². The fraction of sp³-hybridized carbons (Fsp3) is 0.150. The molecule has 5 nitrogen and oxygen atoms in total. The molecular weight excluding hydrogens is 344 g/mol. The van der Waals surface area contributed by atoms with E-state index in [1.165, 1.54) is 17.3 Å². The number of H-pyrrole nitrogens is 1. The van der Waals surface area contributed by atoms with E-state index in [1.807, 2.05) is 74.5 Å². The van der Waals surface area contributed by atoms with Crippen molar-refractivity contribution in [2.45, 2.75) is 19.0 Å². The molecule has 2 N–H and O–H groups in total. The number of benzene rings is 2. The van der Waals surface area contributed by atoms with E-state index in [0.717, 1.165) is 16.8 Å². The molecule has 0 fully saturated rings. The highest BCUT2D eigenvalue weighted by Crippen LogP contribution is 2.17. The van der Waals surface area contributed by atoms with Crippen molar-refractivity contribution < 1.29 is 4.79 Å². The van der Waals surface area contributed by atoms with Gasteiger partial charge in [-0.05, 0) is 48.7 Å². The number of thioether (sulfide) groups is 1. The Kier molecular flexibility index (Phi) is 5.86. The number of aryl methyl sites for hydroxylation is 2. The number of anilines is 1. The second-order valence-electron chi connectivity index (χ2n) is 5.88. The Bertz CT molecular complexity index is 919. The molecule has 26 heavy (non-hydrogen) atoms. The van der Waals surface area contributed by atoms with Crippen LogP contribution < -0.4 is 5.32 Å². The summed E-state index contributed by atoms with van der Waals surface area (Å²) in [5.41, 5.74) is 4.25. The van der Waals surface area contributed by atoms with Crippen molar-refractivity contribution in [1.82, 2.24) is 15.2 Å². The van der Waals surface area contributed by atoms with Gasteiger partial charge < -0.3 is 5.32 Å². The molecule has 0 aliphatic carbocycles. The zero-order chi connectivity index (χ0) is 18.4. The predicted octanol–water partition coefficient (Wildman–Crippen LogP) is 4.32. The molecule has 0 radical (unpaired) electrons. The summed E-state index contributed by atoms with van der Waals surface area (Å²) in [5, 5.41) is 10.4. The summed E-state index contributed by atoms with van der Waals surface area (Å²) in [6.45, 7) is 4.07. The average Bonchev–Trinajstić information content (AvgIpc) is 3.10. The lowest BCUT2D eigenvalue weighted by molar-refractivity contribution is -0.113. The lowest BCUT2D eigenvalue weighted by Gasteiger charge is -2.06. The fourth-order valence-electron chi connectivity index (χ4n) is 2.28. The van der Waals surface area contributed by atoms with Gasteiger partial charge in [-0.3, -0.25) is 9.89 Å². The Morgan fingerprint density at radius 2 is 1.92 bits per heavy atom. The van der Waals surface area contributed by atoms with Gasteiger partial charge in [-0.2, -0.15) is 0 Å². The van der Waals surface area contributed by atoms with Gasteiger partial charge in [0.1, 0.15) is 5.82 Å². The predicted molar refractivity (Wildman–Crippen MR) is 107 cm³/mol. The highest BCUT2D eigenvalue weighted by Gasteiger charge is 2.07. The van der Waals surface area contributed by atoms with Crippen LogP contribution in [0.3, 0.4) is 0 Å². The van der Waals surface area contributed by atoms with E-state index in [-0.39, 0.29) is 11.7 Å². The highest BCUT2D eigenvalue weighted by atomic mass is 32.2. The first-order chi connectivity index (χ1) is 12.6. The van der Waals surface area contributed by atoms with Crippen molar-refractivity contribution in [3.63, 3.8) is 0 Å². The van der Waals surface area contributed by atoms with Gasteiger partial charge in [0.2, 0.25) is 11.1 Å². The summed E-state index contributed by atoms with van der Waals surface area (Å²) in [6.07, 6.45) is 3.82. The standard InChI is InChI=1S/C20H20N4OS/c1-14-8-10-17(12-15(14)2)21-19(25)13-26-20-22-18(23-24-20)11-9-16-6-4-3-5-7-16/h3-12H,13H2,1-2H3,(H,21,25)(H,22,23,24). The molecule has 0 saturated carbocycles. The first kappa shape index (κ1) is 17.9. The average molecular weight is 364 g/mol. The van der Waals surface area contributed by atoms with Crippen LogP contribution in [0.15, 0.2) is 53.7 Å². The Labute approximate surface area is 156 Å². The van der Waals surface area contributed by atoms with E-state index < -0.39 is 0 Å². The Hall–Kier alpha value is -2.86. The molecule has 0 aliphatic heterocycles. The topological polar surface area (TPSA) is 70.7 Å². The molecule has 132 valence electrons. The molecule has 0 bridgehead atoms. The Morgan fingerprint density at radius 3 is 2.69 bits per heavy atom. The SMILES string of the molecule is Cc1ccc(NC(=O)CSc2n[nH]c(C=Cc3ccccc3)n2)cc1C. The van der Waals surface area contributed by atoms with Gasteiger partial charge in [-0.25, -0.2) is 4.98 Å². The van der Waals surface area contributed by atoms with Crippen LogP contribution in [0.4, 0.5) is 5.69 Å². The number of hydrogen-bond acceptors (Lipinski definition) is 4. The van der Waals surface area contributed by atoms with Crippen LogP contribution >= 0.6 is 11.8 Å². The number of rotatable bonds is 6. The number of nitrogens with one attached hydrogen (secondary N) is 2. The molecule has 0 spiro atoms. The number of amides is 1. The summed E-state index contributed by atoms with van der Waals surface area (Å²) >= 11 is 1.30. The van der Waals surface area contributed by atoms with E-state index in [0.29, 0.717) is 11.0 Å². The summed E-state index contributed by atoms with van der Waals surface area (Å²) in [6, 6.07) is 15.8. The van der Waals surface area contributed by atoms with Gasteiger partial charge in [-0.1, -0.05) is 54.2 Å². The maximum absolute atomic E-state index is 12.1. The minimum Gasteiger partial charge on any atom is -0.325 e. The van der Waals surface area contributed by atoms with Crippen LogP contribution in [0.25, 0.3) is 12.2 Å². The normalized spacial score (nSPS) is 11.0. The molecule has 6 heteroatoms. The first-order valence-corrected chi connectivity index (χ1v) is 9.24. The van der Waals surface area contributed by atoms with Crippen LogP contribution in [0, 0.1) is 13.8 Å². The Morgan fingerprint density at radius 1 is 1.12 bits per heavy atom. The van der Waals surface area contributed by atoms with E-state index in [1.54, 1.807) is 0 Å². The molecule has 0 aliphatic rings. The molecule has 1 aromatic heterocycles. The van der Waals surface area contributed by atoms with Gasteiger partial charge in [0.25, 0.3) is 0 Å². The molecular formula is C20H20N4OS. The van der Waals surface area contributed by atoms with Gasteiger partial charge in [0.05, 0.1) is 5.75 Å². The summed E-state index contributed by atoms with van der Waals surface area (Å²) in [7, 11) is 0. The third kappa shape index (κ3) is 5.07. The van der Waals surface area contributed by atoms with Crippen LogP contribution in [0.1, 0.15) is 22.5 Å². The third-order valence-corrected chi connectivity index (χ3v) is 4.69. The molecule has 2 aromatic carbocycles. The second kappa shape index (κ2) is 8.49. The van der Waals surface area contributed by atoms with E-state index in [4.69, 9.17) is 0 Å². The second-order valence-corrected chi connectivity index (χ2v) is 6.83. The van der Waals surface area contributed by atoms with E-state index in [9.17, 15) is 4.79 Å². The molecule has 0 unspecified atom stereocenters. The third-order valence-electron chi connectivity index (χ3n) is 3.84. The van der Waals surface area contributed by atoms with Crippen molar-refractivity contribution in [3.8, 4) is 0 Å². The number of carbonyl (C=O) groups excluding carboxylic acids is 1. The van der Waals surface area contributed by atoms with E-state index >= 15 is 0 Å². The number of carbonyl (C=O) groups is 1. The van der Waals surface area contributed by atoms with Crippen LogP contribution in [0.5, 0.6) is 0 Å². The fourth-order valence-corrected chi connectivity index (χ4v) is 2.89. The first-order valence-electron chi connectivity index (χ1n) is 8.25. The van der Waals surface area contributed by atoms with Crippen LogP contribution in [0.2, 0.25) is 0 Å². The molecule has 1 amide bonds. The number of aromatic amines is 1. The molecule has 3 aromatic rings. The summed E-state index contributed by atoms with van der Waals surface area (Å²) < 4.78 is 0. The molecule has 1 heterocycles. The van der Waals surface area contributed by atoms with Gasteiger partial charge >= 0.3 is 0 Å². The minimum atomic E-state index is -0.0792. The van der Waals surface area contributed by atoms with Crippen molar-refractivity contribution in [2.24, 2.45) is 0 Å². The molecule has 0 saturated heterocycles. The quantitative estimate of drug-likeness (QED) is 0.639. The smallest absolute Gasteiger partial charge is 0.234 e. The van der Waals surface area contributed by atoms with Crippen molar-refractivity contribution >= 4 is 35.5 Å². The zero-order valence-electron chi connectivity index (χ0n) is 14.7. The maximum atomic E-state index is 12.1. The monoisotopic (exact) mass is 364 g/mol. The lowest BCUT2D eigenvalue weighted by Crippen LogP contribution is -2.14. The van der Waals surface area contributed by atoms with Gasteiger partial charge in [0.15, 0.2) is 0 Å². The zero-order valence-corrected chi connectivity index (χ0v) is 15.5.